The average Bonchev–Trinajstić information content (AvgIpc) is 3.47. The van der Waals surface area contributed by atoms with Gasteiger partial charge in [0, 0.05) is 43.1 Å². The van der Waals surface area contributed by atoms with E-state index in [1.165, 1.54) is 22.8 Å². The second kappa shape index (κ2) is 9.85. The molecule has 0 saturated carbocycles. The van der Waals surface area contributed by atoms with E-state index in [0.717, 1.165) is 37.2 Å². The van der Waals surface area contributed by atoms with Crippen LogP contribution in [0.2, 0.25) is 0 Å². The Morgan fingerprint density at radius 3 is 2.52 bits per heavy atom. The number of urea groups is 1. The van der Waals surface area contributed by atoms with Crippen LogP contribution in [0.15, 0.2) is 54.7 Å². The SMILES string of the molecule is O=C1N[C@](Cc2ccccc2)(C2CCN([C@@H]3CCSC3)CC2)C(=O)N1CCc1ccccn1. The van der Waals surface area contributed by atoms with Crippen LogP contribution in [-0.2, 0) is 17.6 Å². The van der Waals surface area contributed by atoms with E-state index in [2.05, 4.69) is 27.3 Å². The quantitative estimate of drug-likeness (QED) is 0.637. The Bertz CT molecular complexity index is 959. The third kappa shape index (κ3) is 4.66. The third-order valence-corrected chi connectivity index (χ3v) is 8.64. The van der Waals surface area contributed by atoms with E-state index in [1.54, 1.807) is 6.20 Å². The van der Waals surface area contributed by atoms with E-state index >= 15 is 0 Å². The Labute approximate surface area is 200 Å². The smallest absolute Gasteiger partial charge is 0.322 e. The second-order valence-corrected chi connectivity index (χ2v) is 10.6. The number of likely N-dealkylation sites (tertiary alicyclic amines) is 1. The van der Waals surface area contributed by atoms with Crippen LogP contribution in [0.3, 0.4) is 0 Å². The molecule has 0 unspecified atom stereocenters. The van der Waals surface area contributed by atoms with E-state index in [1.807, 2.05) is 48.2 Å². The van der Waals surface area contributed by atoms with Gasteiger partial charge in [-0.15, -0.1) is 0 Å². The lowest BCUT2D eigenvalue weighted by atomic mass is 9.73. The molecule has 1 aromatic heterocycles. The zero-order chi connectivity index (χ0) is 22.7. The van der Waals surface area contributed by atoms with Gasteiger partial charge in [0.25, 0.3) is 5.91 Å². The van der Waals surface area contributed by atoms with E-state index in [4.69, 9.17) is 0 Å². The fraction of sp³-hybridized carbons (Fsp3) is 0.500. The van der Waals surface area contributed by atoms with Crippen molar-refractivity contribution in [1.29, 1.82) is 0 Å². The highest BCUT2D eigenvalue weighted by Gasteiger charge is 2.55. The van der Waals surface area contributed by atoms with Gasteiger partial charge in [0.1, 0.15) is 5.54 Å². The van der Waals surface area contributed by atoms with Gasteiger partial charge in [0.2, 0.25) is 0 Å². The highest BCUT2D eigenvalue weighted by Crippen LogP contribution is 2.38. The van der Waals surface area contributed by atoms with Gasteiger partial charge < -0.3 is 5.32 Å². The number of nitrogens with zero attached hydrogens (tertiary/aromatic N) is 3. The topological polar surface area (TPSA) is 65.5 Å². The molecule has 2 aromatic rings. The predicted molar refractivity (Wildman–Crippen MR) is 131 cm³/mol. The molecule has 0 spiro atoms. The fourth-order valence-electron chi connectivity index (χ4n) is 5.65. The van der Waals surface area contributed by atoms with Crippen molar-refractivity contribution >= 4 is 23.7 Å². The molecule has 0 bridgehead atoms. The largest absolute Gasteiger partial charge is 0.325 e. The first-order valence-corrected chi connectivity index (χ1v) is 13.2. The van der Waals surface area contributed by atoms with Gasteiger partial charge in [0.05, 0.1) is 0 Å². The number of hydrogen-bond donors (Lipinski definition) is 1. The number of pyridine rings is 1. The predicted octanol–water partition coefficient (Wildman–Crippen LogP) is 3.37. The summed E-state index contributed by atoms with van der Waals surface area (Å²) in [4.78, 5) is 35.4. The van der Waals surface area contributed by atoms with Crippen LogP contribution in [-0.4, -0.2) is 69.4 Å². The minimum atomic E-state index is -0.862. The number of thioether (sulfide) groups is 1. The maximum absolute atomic E-state index is 13.9. The number of imide groups is 1. The summed E-state index contributed by atoms with van der Waals surface area (Å²) in [5, 5.41) is 3.20. The minimum Gasteiger partial charge on any atom is -0.322 e. The molecule has 1 N–H and O–H groups in total. The molecule has 5 rings (SSSR count). The molecule has 3 saturated heterocycles. The molecule has 4 heterocycles. The molecule has 3 amide bonds. The summed E-state index contributed by atoms with van der Waals surface area (Å²) in [5.74, 6) is 2.54. The number of piperidine rings is 1. The van der Waals surface area contributed by atoms with Crippen molar-refractivity contribution in [1.82, 2.24) is 20.1 Å². The van der Waals surface area contributed by atoms with E-state index in [-0.39, 0.29) is 17.9 Å². The summed E-state index contributed by atoms with van der Waals surface area (Å²) >= 11 is 2.04. The Kier molecular flexibility index (Phi) is 6.69. The van der Waals surface area contributed by atoms with E-state index in [9.17, 15) is 9.59 Å². The molecule has 174 valence electrons. The maximum atomic E-state index is 13.9. The minimum absolute atomic E-state index is 0.0674. The average molecular weight is 465 g/mol. The number of hydrogen-bond acceptors (Lipinski definition) is 5. The lowest BCUT2D eigenvalue weighted by Gasteiger charge is -2.42. The Hall–Kier alpha value is -2.38. The molecule has 0 aliphatic carbocycles. The van der Waals surface area contributed by atoms with Gasteiger partial charge >= 0.3 is 6.03 Å². The molecule has 33 heavy (non-hydrogen) atoms. The number of amides is 3. The van der Waals surface area contributed by atoms with Crippen molar-refractivity contribution in [2.75, 3.05) is 31.1 Å². The Balaban J connectivity index is 1.35. The van der Waals surface area contributed by atoms with Crippen LogP contribution in [0.4, 0.5) is 4.79 Å². The summed E-state index contributed by atoms with van der Waals surface area (Å²) in [7, 11) is 0. The molecular weight excluding hydrogens is 432 g/mol. The summed E-state index contributed by atoms with van der Waals surface area (Å²) in [5.41, 5.74) is 1.12. The summed E-state index contributed by atoms with van der Waals surface area (Å²) in [6, 6.07) is 16.3. The van der Waals surface area contributed by atoms with Gasteiger partial charge in [0.15, 0.2) is 0 Å². The van der Waals surface area contributed by atoms with Crippen LogP contribution < -0.4 is 5.32 Å². The number of benzene rings is 1. The van der Waals surface area contributed by atoms with Crippen molar-refractivity contribution in [3.05, 3.63) is 66.0 Å². The van der Waals surface area contributed by atoms with Crippen LogP contribution in [0, 0.1) is 5.92 Å². The number of carbonyl (C=O) groups excluding carboxylic acids is 2. The number of nitrogens with one attached hydrogen (secondary N) is 1. The van der Waals surface area contributed by atoms with Gasteiger partial charge in [-0.2, -0.15) is 11.8 Å². The molecule has 3 aliphatic rings. The number of carbonyl (C=O) groups is 2. The number of rotatable bonds is 7. The molecule has 3 fully saturated rings. The molecule has 1 aromatic carbocycles. The first-order valence-electron chi connectivity index (χ1n) is 12.1. The highest BCUT2D eigenvalue weighted by atomic mass is 32.2. The van der Waals surface area contributed by atoms with Crippen LogP contribution in [0.1, 0.15) is 30.5 Å². The van der Waals surface area contributed by atoms with Gasteiger partial charge in [-0.25, -0.2) is 4.79 Å². The summed E-state index contributed by atoms with van der Waals surface area (Å²) in [6.45, 7) is 2.36. The van der Waals surface area contributed by atoms with Gasteiger partial charge in [-0.3, -0.25) is 19.6 Å². The van der Waals surface area contributed by atoms with Crippen molar-refractivity contribution in [2.24, 2.45) is 5.92 Å². The second-order valence-electron chi connectivity index (χ2n) is 9.42. The van der Waals surface area contributed by atoms with Gasteiger partial charge in [-0.05, 0) is 61.7 Å². The first kappa shape index (κ1) is 22.4. The number of aromatic nitrogens is 1. The van der Waals surface area contributed by atoms with Crippen molar-refractivity contribution in [3.8, 4) is 0 Å². The third-order valence-electron chi connectivity index (χ3n) is 7.49. The van der Waals surface area contributed by atoms with Crippen LogP contribution in [0.5, 0.6) is 0 Å². The van der Waals surface area contributed by atoms with E-state index in [0.29, 0.717) is 25.4 Å². The lowest BCUT2D eigenvalue weighted by Crippen LogP contribution is -2.58. The normalized spacial score (nSPS) is 26.7. The molecule has 2 atom stereocenters. The lowest BCUT2D eigenvalue weighted by molar-refractivity contribution is -0.134. The van der Waals surface area contributed by atoms with E-state index < -0.39 is 5.54 Å². The zero-order valence-electron chi connectivity index (χ0n) is 19.0. The highest BCUT2D eigenvalue weighted by molar-refractivity contribution is 7.99. The Morgan fingerprint density at radius 2 is 1.82 bits per heavy atom. The van der Waals surface area contributed by atoms with Crippen LogP contribution in [0.25, 0.3) is 0 Å². The standard InChI is InChI=1S/C26H32N4O2S/c31-24-26(18-20-6-2-1-3-7-20,21-9-14-29(15-10-21)23-12-17-33-19-23)28-25(32)30(24)16-11-22-8-4-5-13-27-22/h1-8,13,21,23H,9-12,14-19H2,(H,28,32)/t23-,26-/m1/s1. The molecule has 0 radical (unpaired) electrons. The zero-order valence-corrected chi connectivity index (χ0v) is 19.8. The first-order chi connectivity index (χ1) is 16.2. The molecule has 6 nitrogen and oxygen atoms in total. The molecule has 7 heteroatoms. The van der Waals surface area contributed by atoms with Gasteiger partial charge in [-0.1, -0.05) is 36.4 Å². The summed E-state index contributed by atoms with van der Waals surface area (Å²) < 4.78 is 0. The molecular formula is C26H32N4O2S. The summed E-state index contributed by atoms with van der Waals surface area (Å²) in [6.07, 6.45) is 6.00. The van der Waals surface area contributed by atoms with Crippen molar-refractivity contribution in [2.45, 2.75) is 43.7 Å². The monoisotopic (exact) mass is 464 g/mol. The van der Waals surface area contributed by atoms with Crippen molar-refractivity contribution < 1.29 is 9.59 Å². The van der Waals surface area contributed by atoms with Crippen LogP contribution >= 0.6 is 11.8 Å². The Morgan fingerprint density at radius 1 is 1.03 bits per heavy atom. The molecule has 3 aliphatic heterocycles. The fourth-order valence-corrected chi connectivity index (χ4v) is 6.90. The van der Waals surface area contributed by atoms with Crippen molar-refractivity contribution in [3.63, 3.8) is 0 Å². The maximum Gasteiger partial charge on any atom is 0.325 e.